The molecule has 1 nitrogen and oxygen atoms in total. The van der Waals surface area contributed by atoms with Gasteiger partial charge in [0.1, 0.15) is 0 Å². The molecule has 0 atom stereocenters. The Morgan fingerprint density at radius 1 is 1.50 bits per heavy atom. The third-order valence-corrected chi connectivity index (χ3v) is 4.71. The molecule has 0 unspecified atom stereocenters. The monoisotopic (exact) mass is 275 g/mol. The molecule has 0 aliphatic carbocycles. The van der Waals surface area contributed by atoms with Crippen LogP contribution in [0.1, 0.15) is 30.0 Å². The van der Waals surface area contributed by atoms with E-state index in [-0.39, 0.29) is 5.41 Å². The number of thiophene rings is 1. The summed E-state index contributed by atoms with van der Waals surface area (Å²) < 4.78 is 1.24. The molecule has 0 spiro atoms. The zero-order valence-electron chi connectivity index (χ0n) is 9.06. The fourth-order valence-electron chi connectivity index (χ4n) is 1.20. The Labute approximate surface area is 98.8 Å². The first-order chi connectivity index (χ1) is 6.44. The fourth-order valence-corrected chi connectivity index (χ4v) is 2.81. The van der Waals surface area contributed by atoms with Gasteiger partial charge in [0.2, 0.25) is 0 Å². The van der Waals surface area contributed by atoms with Crippen LogP contribution < -0.4 is 5.73 Å². The lowest BCUT2D eigenvalue weighted by atomic mass is 9.88. The predicted octanol–water partition coefficient (Wildman–Crippen LogP) is 3.74. The van der Waals surface area contributed by atoms with Gasteiger partial charge in [-0.05, 0) is 53.7 Å². The summed E-state index contributed by atoms with van der Waals surface area (Å²) in [7, 11) is 0. The van der Waals surface area contributed by atoms with Crippen molar-refractivity contribution in [2.24, 2.45) is 11.1 Å². The molecule has 3 heteroatoms. The van der Waals surface area contributed by atoms with E-state index >= 15 is 0 Å². The molecule has 0 aliphatic heterocycles. The number of hydrogen-bond acceptors (Lipinski definition) is 2. The summed E-state index contributed by atoms with van der Waals surface area (Å²) >= 11 is 5.42. The van der Waals surface area contributed by atoms with Crippen molar-refractivity contribution in [3.63, 3.8) is 0 Å². The number of nitrogens with two attached hydrogens (primary N) is 1. The second-order valence-corrected chi connectivity index (χ2v) is 6.68. The third-order valence-electron chi connectivity index (χ3n) is 2.51. The van der Waals surface area contributed by atoms with Gasteiger partial charge in [0, 0.05) is 14.2 Å². The third kappa shape index (κ3) is 3.37. The molecular weight excluding hydrogens is 258 g/mol. The highest BCUT2D eigenvalue weighted by atomic mass is 79.9. The Kier molecular flexibility index (Phi) is 4.16. The van der Waals surface area contributed by atoms with Crippen LogP contribution in [0.2, 0.25) is 0 Å². The van der Waals surface area contributed by atoms with Gasteiger partial charge in [-0.15, -0.1) is 11.3 Å². The normalized spacial score (nSPS) is 12.1. The molecule has 1 aromatic rings. The maximum atomic E-state index is 5.70. The quantitative estimate of drug-likeness (QED) is 0.890. The maximum Gasteiger partial charge on any atom is 0.0314 e. The van der Waals surface area contributed by atoms with Gasteiger partial charge < -0.3 is 5.73 Å². The summed E-state index contributed by atoms with van der Waals surface area (Å²) in [4.78, 5) is 2.82. The van der Waals surface area contributed by atoms with Crippen molar-refractivity contribution in [2.75, 3.05) is 6.54 Å². The van der Waals surface area contributed by atoms with Gasteiger partial charge in [-0.3, -0.25) is 0 Å². The Morgan fingerprint density at radius 2 is 2.14 bits per heavy atom. The van der Waals surface area contributed by atoms with Crippen molar-refractivity contribution in [1.82, 2.24) is 0 Å². The molecule has 14 heavy (non-hydrogen) atoms. The molecule has 0 saturated carbocycles. The molecule has 0 aliphatic rings. The van der Waals surface area contributed by atoms with Crippen LogP contribution in [0.4, 0.5) is 0 Å². The molecule has 0 fully saturated rings. The van der Waals surface area contributed by atoms with Gasteiger partial charge >= 0.3 is 0 Å². The largest absolute Gasteiger partial charge is 0.330 e. The summed E-state index contributed by atoms with van der Waals surface area (Å²) in [6.07, 6.45) is 2.30. The van der Waals surface area contributed by atoms with E-state index in [1.807, 2.05) is 11.3 Å². The fraction of sp³-hybridized carbons (Fsp3) is 0.636. The molecule has 1 rings (SSSR count). The molecule has 0 bridgehead atoms. The molecule has 80 valence electrons. The van der Waals surface area contributed by atoms with Crippen molar-refractivity contribution < 1.29 is 0 Å². The van der Waals surface area contributed by atoms with E-state index in [0.29, 0.717) is 0 Å². The van der Waals surface area contributed by atoms with Crippen LogP contribution >= 0.6 is 27.3 Å². The first kappa shape index (κ1) is 12.2. The van der Waals surface area contributed by atoms with Gasteiger partial charge in [-0.2, -0.15) is 0 Å². The molecular formula is C11H18BrNS. The van der Waals surface area contributed by atoms with Gasteiger partial charge in [0.15, 0.2) is 0 Å². The Morgan fingerprint density at radius 3 is 2.57 bits per heavy atom. The van der Waals surface area contributed by atoms with Crippen molar-refractivity contribution in [3.05, 3.63) is 20.3 Å². The average molecular weight is 276 g/mol. The van der Waals surface area contributed by atoms with Crippen LogP contribution in [0.3, 0.4) is 0 Å². The van der Waals surface area contributed by atoms with Crippen LogP contribution in [-0.4, -0.2) is 6.54 Å². The standard InChI is InChI=1S/C11H18BrNS/c1-8-10(12)6-9(14-8)4-5-11(2,3)7-13/h6H,4-5,7,13H2,1-3H3. The van der Waals surface area contributed by atoms with Crippen LogP contribution in [-0.2, 0) is 6.42 Å². The lowest BCUT2D eigenvalue weighted by molar-refractivity contribution is 0.349. The van der Waals surface area contributed by atoms with Gasteiger partial charge in [0.25, 0.3) is 0 Å². The smallest absolute Gasteiger partial charge is 0.0314 e. The van der Waals surface area contributed by atoms with Gasteiger partial charge in [-0.1, -0.05) is 13.8 Å². The lowest BCUT2D eigenvalue weighted by Crippen LogP contribution is -2.23. The highest BCUT2D eigenvalue weighted by Crippen LogP contribution is 2.29. The first-order valence-electron chi connectivity index (χ1n) is 4.89. The van der Waals surface area contributed by atoms with Gasteiger partial charge in [-0.25, -0.2) is 0 Å². The molecule has 0 radical (unpaired) electrons. The molecule has 2 N–H and O–H groups in total. The summed E-state index contributed by atoms with van der Waals surface area (Å²) in [6.45, 7) is 7.36. The van der Waals surface area contributed by atoms with E-state index in [0.717, 1.165) is 19.4 Å². The highest BCUT2D eigenvalue weighted by Gasteiger charge is 2.15. The van der Waals surface area contributed by atoms with E-state index in [1.54, 1.807) is 0 Å². The van der Waals surface area contributed by atoms with E-state index in [4.69, 9.17) is 5.73 Å². The molecule has 1 aromatic heterocycles. The zero-order chi connectivity index (χ0) is 10.8. The minimum Gasteiger partial charge on any atom is -0.330 e. The van der Waals surface area contributed by atoms with E-state index in [1.165, 1.54) is 14.2 Å². The van der Waals surface area contributed by atoms with Crippen molar-refractivity contribution in [3.8, 4) is 0 Å². The predicted molar refractivity (Wildman–Crippen MR) is 67.9 cm³/mol. The SMILES string of the molecule is Cc1sc(CCC(C)(C)CN)cc1Br. The summed E-state index contributed by atoms with van der Waals surface area (Å²) in [5.74, 6) is 0. The van der Waals surface area contributed by atoms with Crippen LogP contribution in [0.15, 0.2) is 10.5 Å². The van der Waals surface area contributed by atoms with Crippen LogP contribution in [0, 0.1) is 12.3 Å². The minimum absolute atomic E-state index is 0.268. The summed E-state index contributed by atoms with van der Waals surface area (Å²) in [6, 6.07) is 2.23. The highest BCUT2D eigenvalue weighted by molar-refractivity contribution is 9.10. The van der Waals surface area contributed by atoms with Crippen molar-refractivity contribution >= 4 is 27.3 Å². The minimum atomic E-state index is 0.268. The van der Waals surface area contributed by atoms with Crippen molar-refractivity contribution in [2.45, 2.75) is 33.6 Å². The average Bonchev–Trinajstić information content (AvgIpc) is 2.44. The molecule has 0 amide bonds. The Bertz CT molecular complexity index is 285. The molecule has 1 heterocycles. The zero-order valence-corrected chi connectivity index (χ0v) is 11.5. The number of hydrogen-bond donors (Lipinski definition) is 1. The summed E-state index contributed by atoms with van der Waals surface area (Å²) in [5, 5.41) is 0. The second-order valence-electron chi connectivity index (χ2n) is 4.49. The van der Waals surface area contributed by atoms with Crippen molar-refractivity contribution in [1.29, 1.82) is 0 Å². The summed E-state index contributed by atoms with van der Waals surface area (Å²) in [5.41, 5.74) is 5.97. The van der Waals surface area contributed by atoms with E-state index in [9.17, 15) is 0 Å². The van der Waals surface area contributed by atoms with Crippen LogP contribution in [0.5, 0.6) is 0 Å². The Balaban J connectivity index is 2.54. The van der Waals surface area contributed by atoms with Gasteiger partial charge in [0.05, 0.1) is 0 Å². The Hall–Kier alpha value is 0.140. The first-order valence-corrected chi connectivity index (χ1v) is 6.50. The number of aryl methyl sites for hydroxylation is 2. The molecule has 0 saturated heterocycles. The van der Waals surface area contributed by atoms with E-state index < -0.39 is 0 Å². The lowest BCUT2D eigenvalue weighted by Gasteiger charge is -2.21. The van der Waals surface area contributed by atoms with E-state index in [2.05, 4.69) is 42.8 Å². The van der Waals surface area contributed by atoms with Crippen LogP contribution in [0.25, 0.3) is 0 Å². The topological polar surface area (TPSA) is 26.0 Å². The number of rotatable bonds is 4. The maximum absolute atomic E-state index is 5.70. The molecule has 0 aromatic carbocycles. The second kappa shape index (κ2) is 4.77. The number of halogens is 1.